The third-order valence-electron chi connectivity index (χ3n) is 3.52. The third-order valence-corrected chi connectivity index (χ3v) is 4.17. The number of hydrogen-bond donors (Lipinski definition) is 1. The maximum atomic E-state index is 12.7. The van der Waals surface area contributed by atoms with Crippen molar-refractivity contribution in [2.45, 2.75) is 52.2 Å². The lowest BCUT2D eigenvalue weighted by molar-refractivity contribution is -0.162. The Labute approximate surface area is 142 Å². The van der Waals surface area contributed by atoms with Gasteiger partial charge in [-0.1, -0.05) is 60.1 Å². The first-order valence-corrected chi connectivity index (χ1v) is 8.85. The van der Waals surface area contributed by atoms with Crippen LogP contribution in [0.5, 0.6) is 0 Å². The molecule has 0 saturated carbocycles. The maximum Gasteiger partial charge on any atom is 0.312 e. The molecule has 0 spiro atoms. The predicted molar refractivity (Wildman–Crippen MR) is 94.9 cm³/mol. The highest BCUT2D eigenvalue weighted by Crippen LogP contribution is 2.36. The molecule has 1 aromatic carbocycles. The number of hydrogen-bond acceptors (Lipinski definition) is 3. The second-order valence-electron chi connectivity index (χ2n) is 7.24. The van der Waals surface area contributed by atoms with Gasteiger partial charge in [-0.2, -0.15) is 0 Å². The number of ether oxygens (including phenoxy) is 1. The van der Waals surface area contributed by atoms with Crippen LogP contribution in [-0.4, -0.2) is 16.9 Å². The van der Waals surface area contributed by atoms with Gasteiger partial charge in [-0.05, 0) is 38.7 Å². The molecule has 0 bridgehead atoms. The lowest BCUT2D eigenvalue weighted by Crippen LogP contribution is -2.51. The Kier molecular flexibility index (Phi) is 6.63. The second kappa shape index (κ2) is 7.60. The van der Waals surface area contributed by atoms with Gasteiger partial charge in [-0.25, -0.2) is 0 Å². The fourth-order valence-electron chi connectivity index (χ4n) is 2.67. The molecular weight excluding hydrogens is 342 g/mol. The van der Waals surface area contributed by atoms with E-state index < -0.39 is 17.1 Å². The van der Waals surface area contributed by atoms with E-state index in [1.807, 2.05) is 51.1 Å². The van der Waals surface area contributed by atoms with E-state index >= 15 is 0 Å². The summed E-state index contributed by atoms with van der Waals surface area (Å²) in [4.78, 5) is 12.7. The summed E-state index contributed by atoms with van der Waals surface area (Å²) in [5, 5.41) is 0.472. The van der Waals surface area contributed by atoms with Gasteiger partial charge in [-0.3, -0.25) is 4.79 Å². The molecule has 22 heavy (non-hydrogen) atoms. The number of carbonyl (C=O) groups is 1. The number of esters is 1. The van der Waals surface area contributed by atoms with Crippen molar-refractivity contribution in [3.8, 4) is 0 Å². The number of carbonyl (C=O) groups excluding carboxylic acids is 1. The van der Waals surface area contributed by atoms with E-state index in [1.165, 1.54) is 0 Å². The average Bonchev–Trinajstić information content (AvgIpc) is 2.37. The van der Waals surface area contributed by atoms with Crippen LogP contribution in [0, 0.1) is 11.8 Å². The largest absolute Gasteiger partial charge is 0.460 e. The van der Waals surface area contributed by atoms with Crippen molar-refractivity contribution >= 4 is 21.9 Å². The molecule has 0 aliphatic rings. The Morgan fingerprint density at radius 1 is 1.23 bits per heavy atom. The number of halogens is 1. The van der Waals surface area contributed by atoms with Gasteiger partial charge in [0.15, 0.2) is 0 Å². The first kappa shape index (κ1) is 19.2. The van der Waals surface area contributed by atoms with E-state index in [0.29, 0.717) is 17.7 Å². The first-order valence-electron chi connectivity index (χ1n) is 7.73. The minimum absolute atomic E-state index is 0.253. The van der Waals surface area contributed by atoms with Gasteiger partial charge in [-0.15, -0.1) is 0 Å². The van der Waals surface area contributed by atoms with Crippen molar-refractivity contribution in [1.29, 1.82) is 0 Å². The van der Waals surface area contributed by atoms with Gasteiger partial charge >= 0.3 is 5.97 Å². The molecule has 1 aromatic rings. The zero-order chi connectivity index (χ0) is 17.0. The summed E-state index contributed by atoms with van der Waals surface area (Å²) in [6, 6.07) is 9.84. The van der Waals surface area contributed by atoms with E-state index in [0.717, 1.165) is 5.56 Å². The molecule has 124 valence electrons. The quantitative estimate of drug-likeness (QED) is 0.602. The first-order chi connectivity index (χ1) is 10.1. The molecular formula is C18H28BrNO2. The standard InChI is InChI=1S/C18H28BrNO2/c1-13(2)11-18(20,14-9-7-6-8-10-14)15(12-19)16(21)22-17(3,4)5/h6-10,13,15H,11-12,20H2,1-5H3. The van der Waals surface area contributed by atoms with Gasteiger partial charge in [0.2, 0.25) is 0 Å². The topological polar surface area (TPSA) is 52.3 Å². The molecule has 0 fully saturated rings. The van der Waals surface area contributed by atoms with Crippen molar-refractivity contribution < 1.29 is 9.53 Å². The van der Waals surface area contributed by atoms with E-state index in [1.54, 1.807) is 0 Å². The highest BCUT2D eigenvalue weighted by atomic mass is 79.9. The SMILES string of the molecule is CC(C)CC(N)(c1ccccc1)C(CBr)C(=O)OC(C)(C)C. The van der Waals surface area contributed by atoms with Crippen molar-refractivity contribution in [2.24, 2.45) is 17.6 Å². The minimum atomic E-state index is -0.749. The third kappa shape index (κ3) is 5.10. The molecule has 2 atom stereocenters. The normalized spacial score (nSPS) is 16.2. The molecule has 4 heteroatoms. The summed E-state index contributed by atoms with van der Waals surface area (Å²) in [5.74, 6) is -0.318. The molecule has 0 saturated heterocycles. The molecule has 0 aliphatic heterocycles. The predicted octanol–water partition coefficient (Wildman–Crippen LogP) is 4.24. The molecule has 0 heterocycles. The molecule has 1 rings (SSSR count). The van der Waals surface area contributed by atoms with E-state index in [9.17, 15) is 4.79 Å². The molecule has 0 aliphatic carbocycles. The number of nitrogens with two attached hydrogens (primary N) is 1. The Bertz CT molecular complexity index is 482. The van der Waals surface area contributed by atoms with Crippen molar-refractivity contribution in [3.05, 3.63) is 35.9 Å². The smallest absolute Gasteiger partial charge is 0.312 e. The lowest BCUT2D eigenvalue weighted by Gasteiger charge is -2.38. The van der Waals surface area contributed by atoms with Crippen LogP contribution in [0.4, 0.5) is 0 Å². The molecule has 3 nitrogen and oxygen atoms in total. The van der Waals surface area contributed by atoms with Crippen molar-refractivity contribution in [2.75, 3.05) is 5.33 Å². The van der Waals surface area contributed by atoms with Crippen LogP contribution in [0.3, 0.4) is 0 Å². The maximum absolute atomic E-state index is 12.7. The fraction of sp³-hybridized carbons (Fsp3) is 0.611. The molecule has 0 aromatic heterocycles. The molecule has 0 radical (unpaired) electrons. The van der Waals surface area contributed by atoms with Crippen LogP contribution in [-0.2, 0) is 15.1 Å². The zero-order valence-electron chi connectivity index (χ0n) is 14.2. The van der Waals surface area contributed by atoms with Gasteiger partial charge < -0.3 is 10.5 Å². The van der Waals surface area contributed by atoms with Crippen LogP contribution in [0.15, 0.2) is 30.3 Å². The van der Waals surface area contributed by atoms with Crippen molar-refractivity contribution in [1.82, 2.24) is 0 Å². The van der Waals surface area contributed by atoms with Crippen LogP contribution in [0.25, 0.3) is 0 Å². The van der Waals surface area contributed by atoms with E-state index in [4.69, 9.17) is 10.5 Å². The Hall–Kier alpha value is -0.870. The summed E-state index contributed by atoms with van der Waals surface area (Å²) in [5.41, 5.74) is 6.47. The van der Waals surface area contributed by atoms with Crippen LogP contribution in [0.2, 0.25) is 0 Å². The minimum Gasteiger partial charge on any atom is -0.460 e. The summed E-state index contributed by atoms with van der Waals surface area (Å²) in [6.45, 7) is 9.86. The second-order valence-corrected chi connectivity index (χ2v) is 7.89. The number of rotatable bonds is 6. The summed E-state index contributed by atoms with van der Waals surface area (Å²) in [7, 11) is 0. The van der Waals surface area contributed by atoms with Gasteiger partial charge in [0.05, 0.1) is 11.5 Å². The lowest BCUT2D eigenvalue weighted by atomic mass is 9.74. The van der Waals surface area contributed by atoms with E-state index in [-0.39, 0.29) is 5.97 Å². The molecule has 2 N–H and O–H groups in total. The number of benzene rings is 1. The summed E-state index contributed by atoms with van der Waals surface area (Å²) in [6.07, 6.45) is 0.715. The van der Waals surface area contributed by atoms with Crippen molar-refractivity contribution in [3.63, 3.8) is 0 Å². The number of alkyl halides is 1. The fourth-order valence-corrected chi connectivity index (χ4v) is 3.51. The Morgan fingerprint density at radius 3 is 2.18 bits per heavy atom. The molecule has 2 unspecified atom stereocenters. The van der Waals surface area contributed by atoms with Crippen LogP contribution in [0.1, 0.15) is 46.6 Å². The van der Waals surface area contributed by atoms with Gasteiger partial charge in [0, 0.05) is 5.33 Å². The zero-order valence-corrected chi connectivity index (χ0v) is 15.8. The highest BCUT2D eigenvalue weighted by molar-refractivity contribution is 9.09. The van der Waals surface area contributed by atoms with Gasteiger partial charge in [0.1, 0.15) is 5.60 Å². The monoisotopic (exact) mass is 369 g/mol. The Balaban J connectivity index is 3.21. The molecule has 0 amide bonds. The summed E-state index contributed by atoms with van der Waals surface area (Å²) >= 11 is 3.47. The summed E-state index contributed by atoms with van der Waals surface area (Å²) < 4.78 is 5.59. The van der Waals surface area contributed by atoms with Crippen LogP contribution < -0.4 is 5.73 Å². The van der Waals surface area contributed by atoms with E-state index in [2.05, 4.69) is 29.8 Å². The van der Waals surface area contributed by atoms with Gasteiger partial charge in [0.25, 0.3) is 0 Å². The average molecular weight is 370 g/mol. The Morgan fingerprint density at radius 2 is 1.77 bits per heavy atom. The highest BCUT2D eigenvalue weighted by Gasteiger charge is 2.42. The van der Waals surface area contributed by atoms with Crippen LogP contribution >= 0.6 is 15.9 Å².